The molecule has 0 unspecified atom stereocenters. The van der Waals surface area contributed by atoms with Gasteiger partial charge in [0.2, 0.25) is 11.8 Å². The Morgan fingerprint density at radius 1 is 1.30 bits per heavy atom. The van der Waals surface area contributed by atoms with Crippen LogP contribution < -0.4 is 11.1 Å². The summed E-state index contributed by atoms with van der Waals surface area (Å²) < 4.78 is 0. The Kier molecular flexibility index (Phi) is 8.59. The Balaban J connectivity index is 0.00000361. The molecule has 1 rings (SSSR count). The number of amides is 2. The lowest BCUT2D eigenvalue weighted by atomic mass is 10.1. The second-order valence-corrected chi connectivity index (χ2v) is 4.32. The number of benzene rings is 1. The first-order valence-corrected chi connectivity index (χ1v) is 6.37. The van der Waals surface area contributed by atoms with Gasteiger partial charge in [-0.3, -0.25) is 9.59 Å². The average Bonchev–Trinajstić information content (AvgIpc) is 2.43. The highest BCUT2D eigenvalue weighted by Gasteiger charge is 2.13. The predicted octanol–water partition coefficient (Wildman–Crippen LogP) is 0.840. The number of halogens is 1. The minimum absolute atomic E-state index is 0. The third kappa shape index (κ3) is 5.59. The van der Waals surface area contributed by atoms with Crippen molar-refractivity contribution in [3.05, 3.63) is 35.4 Å². The maximum absolute atomic E-state index is 12.0. The van der Waals surface area contributed by atoms with Gasteiger partial charge in [-0.2, -0.15) is 0 Å². The summed E-state index contributed by atoms with van der Waals surface area (Å²) in [5.74, 6) is -0.423. The lowest BCUT2D eigenvalue weighted by molar-refractivity contribution is -0.132. The summed E-state index contributed by atoms with van der Waals surface area (Å²) in [5.41, 5.74) is 7.44. The van der Waals surface area contributed by atoms with E-state index in [2.05, 4.69) is 5.32 Å². The second-order valence-electron chi connectivity index (χ2n) is 4.32. The molecule has 6 heteroatoms. The summed E-state index contributed by atoms with van der Waals surface area (Å²) in [6, 6.07) is 7.95. The zero-order chi connectivity index (χ0) is 14.3. The van der Waals surface area contributed by atoms with Crippen LogP contribution in [0.3, 0.4) is 0 Å². The van der Waals surface area contributed by atoms with Crippen LogP contribution in [0.2, 0.25) is 0 Å². The molecule has 0 aliphatic heterocycles. The third-order valence-corrected chi connectivity index (χ3v) is 2.98. The molecule has 1 aromatic rings. The topological polar surface area (TPSA) is 75.4 Å². The molecule has 1 aromatic carbocycles. The molecule has 0 fully saturated rings. The van der Waals surface area contributed by atoms with Crippen molar-refractivity contribution in [2.45, 2.75) is 20.4 Å². The van der Waals surface area contributed by atoms with Gasteiger partial charge in [-0.25, -0.2) is 0 Å². The van der Waals surface area contributed by atoms with Gasteiger partial charge in [-0.15, -0.1) is 12.4 Å². The van der Waals surface area contributed by atoms with Crippen LogP contribution in [-0.2, 0) is 16.1 Å². The van der Waals surface area contributed by atoms with Crippen LogP contribution >= 0.6 is 12.4 Å². The molecule has 5 nitrogen and oxygen atoms in total. The van der Waals surface area contributed by atoms with E-state index >= 15 is 0 Å². The molecule has 3 N–H and O–H groups in total. The summed E-state index contributed by atoms with van der Waals surface area (Å²) in [7, 11) is 0. The van der Waals surface area contributed by atoms with Crippen molar-refractivity contribution in [2.75, 3.05) is 19.6 Å². The van der Waals surface area contributed by atoms with E-state index < -0.39 is 0 Å². The number of nitrogens with zero attached hydrogens (tertiary/aromatic N) is 1. The fourth-order valence-electron chi connectivity index (χ4n) is 1.73. The van der Waals surface area contributed by atoms with Crippen molar-refractivity contribution < 1.29 is 9.59 Å². The molecular formula is C14H22ClN3O2. The van der Waals surface area contributed by atoms with E-state index in [1.165, 1.54) is 0 Å². The third-order valence-electron chi connectivity index (χ3n) is 2.98. The molecule has 112 valence electrons. The van der Waals surface area contributed by atoms with Gasteiger partial charge in [0.25, 0.3) is 0 Å². The Labute approximate surface area is 125 Å². The van der Waals surface area contributed by atoms with Crippen LogP contribution in [0.1, 0.15) is 18.1 Å². The molecule has 0 bridgehead atoms. The minimum Gasteiger partial charge on any atom is -0.346 e. The quantitative estimate of drug-likeness (QED) is 0.817. The summed E-state index contributed by atoms with van der Waals surface area (Å²) >= 11 is 0. The van der Waals surface area contributed by atoms with E-state index in [0.29, 0.717) is 13.1 Å². The van der Waals surface area contributed by atoms with Crippen molar-refractivity contribution in [1.82, 2.24) is 10.2 Å². The van der Waals surface area contributed by atoms with E-state index in [-0.39, 0.29) is 37.3 Å². The predicted molar refractivity (Wildman–Crippen MR) is 81.6 cm³/mol. The number of aryl methyl sites for hydroxylation is 1. The lowest BCUT2D eigenvalue weighted by Gasteiger charge is -2.22. The maximum atomic E-state index is 12.0. The molecule has 0 saturated carbocycles. The molecule has 0 aliphatic rings. The number of rotatable bonds is 6. The summed E-state index contributed by atoms with van der Waals surface area (Å²) in [5, 5.41) is 2.49. The molecule has 0 saturated heterocycles. The van der Waals surface area contributed by atoms with Crippen molar-refractivity contribution in [1.29, 1.82) is 0 Å². The largest absolute Gasteiger partial charge is 0.346 e. The van der Waals surface area contributed by atoms with Crippen LogP contribution in [0.4, 0.5) is 0 Å². The van der Waals surface area contributed by atoms with Gasteiger partial charge >= 0.3 is 0 Å². The zero-order valence-corrected chi connectivity index (χ0v) is 12.7. The van der Waals surface area contributed by atoms with E-state index in [1.807, 2.05) is 38.1 Å². The molecule has 0 aromatic heterocycles. The molecule has 0 atom stereocenters. The Bertz CT molecular complexity index is 452. The molecule has 0 spiro atoms. The summed E-state index contributed by atoms with van der Waals surface area (Å²) in [6.45, 7) is 4.99. The molecule has 0 heterocycles. The fraction of sp³-hybridized carbons (Fsp3) is 0.429. The normalized spacial score (nSPS) is 9.55. The number of carbonyl (C=O) groups excluding carboxylic acids is 2. The smallest absolute Gasteiger partial charge is 0.242 e. The number of nitrogens with one attached hydrogen (secondary N) is 1. The van der Waals surface area contributed by atoms with Crippen molar-refractivity contribution in [3.63, 3.8) is 0 Å². The molecule has 2 amide bonds. The first kappa shape index (κ1) is 18.4. The van der Waals surface area contributed by atoms with E-state index in [1.54, 1.807) is 4.90 Å². The van der Waals surface area contributed by atoms with Gasteiger partial charge in [-0.05, 0) is 25.0 Å². The lowest BCUT2D eigenvalue weighted by Crippen LogP contribution is -2.41. The van der Waals surface area contributed by atoms with Crippen molar-refractivity contribution in [3.8, 4) is 0 Å². The average molecular weight is 300 g/mol. The van der Waals surface area contributed by atoms with E-state index in [0.717, 1.165) is 11.1 Å². The molecule has 0 radical (unpaired) electrons. The van der Waals surface area contributed by atoms with Crippen molar-refractivity contribution >= 4 is 24.2 Å². The van der Waals surface area contributed by atoms with Crippen LogP contribution in [0.25, 0.3) is 0 Å². The number of carbonyl (C=O) groups is 2. The Morgan fingerprint density at radius 2 is 1.95 bits per heavy atom. The SMILES string of the molecule is CCN(Cc1ccccc1C)C(=O)CNC(=O)CN.Cl. The van der Waals surface area contributed by atoms with E-state index in [9.17, 15) is 9.59 Å². The highest BCUT2D eigenvalue weighted by molar-refractivity contribution is 5.85. The zero-order valence-electron chi connectivity index (χ0n) is 11.9. The summed E-state index contributed by atoms with van der Waals surface area (Å²) in [6.07, 6.45) is 0. The number of hydrogen-bond acceptors (Lipinski definition) is 3. The van der Waals surface area contributed by atoms with Gasteiger partial charge in [-0.1, -0.05) is 24.3 Å². The van der Waals surface area contributed by atoms with Gasteiger partial charge in [0.1, 0.15) is 0 Å². The standard InChI is InChI=1S/C14H21N3O2.ClH/c1-3-17(14(19)9-16-13(18)8-15)10-12-7-5-4-6-11(12)2;/h4-7H,3,8-10,15H2,1-2H3,(H,16,18);1H. The number of likely N-dealkylation sites (N-methyl/N-ethyl adjacent to an activating group) is 1. The molecule has 0 aliphatic carbocycles. The van der Waals surface area contributed by atoms with Gasteiger partial charge < -0.3 is 16.0 Å². The number of nitrogens with two attached hydrogens (primary N) is 1. The Morgan fingerprint density at radius 3 is 2.50 bits per heavy atom. The van der Waals surface area contributed by atoms with Gasteiger partial charge in [0.05, 0.1) is 13.1 Å². The van der Waals surface area contributed by atoms with Gasteiger partial charge in [0, 0.05) is 13.1 Å². The summed E-state index contributed by atoms with van der Waals surface area (Å²) in [4.78, 5) is 24.7. The Hall–Kier alpha value is -1.59. The van der Waals surface area contributed by atoms with Crippen LogP contribution in [0.5, 0.6) is 0 Å². The van der Waals surface area contributed by atoms with Crippen LogP contribution in [0, 0.1) is 6.92 Å². The highest BCUT2D eigenvalue weighted by atomic mass is 35.5. The van der Waals surface area contributed by atoms with Crippen LogP contribution in [-0.4, -0.2) is 36.3 Å². The fourth-order valence-corrected chi connectivity index (χ4v) is 1.73. The van der Waals surface area contributed by atoms with Crippen molar-refractivity contribution in [2.24, 2.45) is 5.73 Å². The number of hydrogen-bond donors (Lipinski definition) is 2. The van der Waals surface area contributed by atoms with E-state index in [4.69, 9.17) is 5.73 Å². The molecular weight excluding hydrogens is 278 g/mol. The maximum Gasteiger partial charge on any atom is 0.242 e. The second kappa shape index (κ2) is 9.34. The monoisotopic (exact) mass is 299 g/mol. The molecule has 20 heavy (non-hydrogen) atoms. The van der Waals surface area contributed by atoms with Gasteiger partial charge in [0.15, 0.2) is 0 Å². The van der Waals surface area contributed by atoms with Crippen LogP contribution in [0.15, 0.2) is 24.3 Å². The highest BCUT2D eigenvalue weighted by Crippen LogP contribution is 2.10. The first-order valence-electron chi connectivity index (χ1n) is 6.37. The first-order chi connectivity index (χ1) is 9.08. The minimum atomic E-state index is -0.319.